The van der Waals surface area contributed by atoms with Crippen molar-refractivity contribution in [2.24, 2.45) is 0 Å². The predicted octanol–water partition coefficient (Wildman–Crippen LogP) is 9.97. The van der Waals surface area contributed by atoms with E-state index in [2.05, 4.69) is 13.8 Å². The normalized spacial score (nSPS) is 11.7. The van der Waals surface area contributed by atoms with Crippen molar-refractivity contribution in [3.63, 3.8) is 0 Å². The molecule has 0 aliphatic carbocycles. The standard InChI is InChI=1S/C36H46O5/c1-4-6-8-10-11-13-25-40-32-23-24-33(28-15-19-30(20-16-28)35(37)38)34(26-32)29-17-21-31(22-18-29)36(39)41-27(3)14-12-9-7-5-2/h15-24,26-27H,4-14,25H2,1-3H3,(H,37,38). The fourth-order valence-electron chi connectivity index (χ4n) is 4.92. The van der Waals surface area contributed by atoms with Crippen molar-refractivity contribution in [3.8, 4) is 28.0 Å². The first-order chi connectivity index (χ1) is 19.9. The number of carboxylic acid groups (broad SMARTS) is 1. The molecule has 41 heavy (non-hydrogen) atoms. The first-order valence-electron chi connectivity index (χ1n) is 15.3. The van der Waals surface area contributed by atoms with Crippen LogP contribution in [0.1, 0.15) is 112 Å². The maximum atomic E-state index is 12.8. The van der Waals surface area contributed by atoms with Crippen LogP contribution in [0, 0.1) is 0 Å². The Balaban J connectivity index is 1.76. The largest absolute Gasteiger partial charge is 0.494 e. The molecule has 0 fully saturated rings. The summed E-state index contributed by atoms with van der Waals surface area (Å²) in [6.07, 6.45) is 12.6. The molecule has 3 aromatic carbocycles. The number of carbonyl (C=O) groups excluding carboxylic acids is 1. The number of unbranched alkanes of at least 4 members (excludes halogenated alkanes) is 8. The molecule has 1 N–H and O–H groups in total. The fourth-order valence-corrected chi connectivity index (χ4v) is 4.92. The summed E-state index contributed by atoms with van der Waals surface area (Å²) in [6, 6.07) is 20.4. The van der Waals surface area contributed by atoms with Crippen LogP contribution in [0.15, 0.2) is 66.7 Å². The minimum Gasteiger partial charge on any atom is -0.494 e. The van der Waals surface area contributed by atoms with Gasteiger partial charge in [-0.1, -0.05) is 95.5 Å². The molecule has 0 saturated carbocycles. The molecule has 3 rings (SSSR count). The van der Waals surface area contributed by atoms with Gasteiger partial charge in [0.1, 0.15) is 5.75 Å². The lowest BCUT2D eigenvalue weighted by Gasteiger charge is -2.15. The fraction of sp³-hybridized carbons (Fsp3) is 0.444. The second kappa shape index (κ2) is 17.3. The molecule has 0 saturated heterocycles. The molecule has 0 heterocycles. The molecule has 1 unspecified atom stereocenters. The van der Waals surface area contributed by atoms with Gasteiger partial charge in [-0.3, -0.25) is 0 Å². The van der Waals surface area contributed by atoms with Crippen LogP contribution in [-0.4, -0.2) is 29.8 Å². The first kappa shape index (κ1) is 31.9. The van der Waals surface area contributed by atoms with Crippen LogP contribution in [0.3, 0.4) is 0 Å². The van der Waals surface area contributed by atoms with Gasteiger partial charge in [-0.05, 0) is 84.8 Å². The van der Waals surface area contributed by atoms with Crippen LogP contribution in [0.5, 0.6) is 5.75 Å². The Hall–Kier alpha value is -3.60. The summed E-state index contributed by atoms with van der Waals surface area (Å²) < 4.78 is 11.8. The number of rotatable bonds is 18. The smallest absolute Gasteiger partial charge is 0.338 e. The number of carbonyl (C=O) groups is 2. The van der Waals surface area contributed by atoms with Gasteiger partial charge >= 0.3 is 11.9 Å². The molecule has 1 atom stereocenters. The van der Waals surface area contributed by atoms with Crippen LogP contribution in [0.25, 0.3) is 22.3 Å². The van der Waals surface area contributed by atoms with E-state index in [-0.39, 0.29) is 17.6 Å². The van der Waals surface area contributed by atoms with Gasteiger partial charge in [0, 0.05) is 0 Å². The molecule has 0 aromatic heterocycles. The highest BCUT2D eigenvalue weighted by Gasteiger charge is 2.15. The third kappa shape index (κ3) is 10.4. The van der Waals surface area contributed by atoms with E-state index in [1.807, 2.05) is 61.5 Å². The topological polar surface area (TPSA) is 72.8 Å². The molecule has 5 nitrogen and oxygen atoms in total. The molecule has 0 aliphatic rings. The maximum absolute atomic E-state index is 12.8. The predicted molar refractivity (Wildman–Crippen MR) is 167 cm³/mol. The Labute approximate surface area is 245 Å². The summed E-state index contributed by atoms with van der Waals surface area (Å²) in [4.78, 5) is 24.1. The Morgan fingerprint density at radius 2 is 1.24 bits per heavy atom. The second-order valence-corrected chi connectivity index (χ2v) is 10.8. The lowest BCUT2D eigenvalue weighted by Crippen LogP contribution is -2.15. The molecule has 0 amide bonds. The maximum Gasteiger partial charge on any atom is 0.338 e. The lowest BCUT2D eigenvalue weighted by molar-refractivity contribution is 0.0319. The molecule has 0 radical (unpaired) electrons. The summed E-state index contributed by atoms with van der Waals surface area (Å²) >= 11 is 0. The average molecular weight is 559 g/mol. The lowest BCUT2D eigenvalue weighted by atomic mass is 9.93. The highest BCUT2D eigenvalue weighted by Crippen LogP contribution is 2.35. The number of hydrogen-bond acceptors (Lipinski definition) is 4. The average Bonchev–Trinajstić information content (AvgIpc) is 2.99. The van der Waals surface area contributed by atoms with Crippen molar-refractivity contribution in [1.29, 1.82) is 0 Å². The Morgan fingerprint density at radius 1 is 0.683 bits per heavy atom. The van der Waals surface area contributed by atoms with E-state index >= 15 is 0 Å². The summed E-state index contributed by atoms with van der Waals surface area (Å²) in [5.41, 5.74) is 4.54. The van der Waals surface area contributed by atoms with Gasteiger partial charge < -0.3 is 14.6 Å². The van der Waals surface area contributed by atoms with E-state index in [9.17, 15) is 14.7 Å². The van der Waals surface area contributed by atoms with Gasteiger partial charge in [-0.25, -0.2) is 9.59 Å². The number of carboxylic acids is 1. The van der Waals surface area contributed by atoms with Gasteiger partial charge in [0.05, 0.1) is 23.8 Å². The summed E-state index contributed by atoms with van der Waals surface area (Å²) in [7, 11) is 0. The minimum absolute atomic E-state index is 0.111. The Morgan fingerprint density at radius 3 is 1.88 bits per heavy atom. The monoisotopic (exact) mass is 558 g/mol. The molecule has 0 bridgehead atoms. The molecular weight excluding hydrogens is 512 g/mol. The quantitative estimate of drug-likeness (QED) is 0.124. The van der Waals surface area contributed by atoms with Crippen molar-refractivity contribution < 1.29 is 24.2 Å². The van der Waals surface area contributed by atoms with E-state index in [0.29, 0.717) is 12.2 Å². The van der Waals surface area contributed by atoms with E-state index < -0.39 is 5.97 Å². The van der Waals surface area contributed by atoms with Crippen LogP contribution >= 0.6 is 0 Å². The van der Waals surface area contributed by atoms with E-state index in [0.717, 1.165) is 60.1 Å². The number of aromatic carboxylic acids is 1. The van der Waals surface area contributed by atoms with Crippen molar-refractivity contribution in [3.05, 3.63) is 77.9 Å². The van der Waals surface area contributed by atoms with Crippen LogP contribution < -0.4 is 4.74 Å². The van der Waals surface area contributed by atoms with Gasteiger partial charge in [-0.2, -0.15) is 0 Å². The van der Waals surface area contributed by atoms with E-state index in [4.69, 9.17) is 9.47 Å². The van der Waals surface area contributed by atoms with Crippen molar-refractivity contribution >= 4 is 11.9 Å². The number of esters is 1. The number of hydrogen-bond donors (Lipinski definition) is 1. The van der Waals surface area contributed by atoms with Crippen LogP contribution in [0.2, 0.25) is 0 Å². The van der Waals surface area contributed by atoms with Gasteiger partial charge in [0.2, 0.25) is 0 Å². The van der Waals surface area contributed by atoms with Gasteiger partial charge in [0.15, 0.2) is 0 Å². The summed E-state index contributed by atoms with van der Waals surface area (Å²) in [6.45, 7) is 7.03. The SMILES string of the molecule is CCCCCCCCOc1ccc(-c2ccc(C(=O)O)cc2)c(-c2ccc(C(=O)OC(C)CCCCCC)cc2)c1. The third-order valence-electron chi connectivity index (χ3n) is 7.40. The van der Waals surface area contributed by atoms with Crippen molar-refractivity contribution in [1.82, 2.24) is 0 Å². The summed E-state index contributed by atoms with van der Waals surface area (Å²) in [5.74, 6) is -0.465. The van der Waals surface area contributed by atoms with Crippen LogP contribution in [-0.2, 0) is 4.74 Å². The summed E-state index contributed by atoms with van der Waals surface area (Å²) in [5, 5.41) is 9.31. The first-order valence-corrected chi connectivity index (χ1v) is 15.3. The minimum atomic E-state index is -0.951. The zero-order valence-electron chi connectivity index (χ0n) is 25.0. The molecular formula is C36H46O5. The van der Waals surface area contributed by atoms with E-state index in [1.54, 1.807) is 12.1 Å². The van der Waals surface area contributed by atoms with E-state index in [1.165, 1.54) is 38.5 Å². The number of benzene rings is 3. The molecule has 220 valence electrons. The second-order valence-electron chi connectivity index (χ2n) is 10.8. The molecule has 0 aliphatic heterocycles. The van der Waals surface area contributed by atoms with Gasteiger partial charge in [-0.15, -0.1) is 0 Å². The van der Waals surface area contributed by atoms with Gasteiger partial charge in [0.25, 0.3) is 0 Å². The zero-order valence-corrected chi connectivity index (χ0v) is 25.0. The van der Waals surface area contributed by atoms with Crippen molar-refractivity contribution in [2.45, 2.75) is 97.5 Å². The Bertz CT molecular complexity index is 1210. The zero-order chi connectivity index (χ0) is 29.5. The highest BCUT2D eigenvalue weighted by atomic mass is 16.5. The molecule has 0 spiro atoms. The Kier molecular flexibility index (Phi) is 13.4. The molecule has 3 aromatic rings. The number of ether oxygens (including phenoxy) is 2. The highest BCUT2D eigenvalue weighted by molar-refractivity contribution is 5.92. The van der Waals surface area contributed by atoms with Crippen LogP contribution in [0.4, 0.5) is 0 Å². The van der Waals surface area contributed by atoms with Crippen molar-refractivity contribution in [2.75, 3.05) is 6.61 Å². The third-order valence-corrected chi connectivity index (χ3v) is 7.40. The molecule has 5 heteroatoms.